The quantitative estimate of drug-likeness (QED) is 0.739. The van der Waals surface area contributed by atoms with Crippen LogP contribution in [0.25, 0.3) is 11.0 Å². The molecular weight excluding hydrogens is 278 g/mol. The average molecular weight is 295 g/mol. The SMILES string of the molecule is O=C(Cn1cccn1)N1CCC(n2cnc3ccccc32)C1. The van der Waals surface area contributed by atoms with Gasteiger partial charge in [0, 0.05) is 25.5 Å². The highest BCUT2D eigenvalue weighted by atomic mass is 16.2. The molecule has 112 valence electrons. The highest BCUT2D eigenvalue weighted by molar-refractivity contribution is 5.77. The Balaban J connectivity index is 1.49. The summed E-state index contributed by atoms with van der Waals surface area (Å²) in [5.74, 6) is 0.121. The van der Waals surface area contributed by atoms with Gasteiger partial charge in [-0.25, -0.2) is 4.98 Å². The van der Waals surface area contributed by atoms with Crippen LogP contribution in [0.4, 0.5) is 0 Å². The smallest absolute Gasteiger partial charge is 0.244 e. The minimum atomic E-state index is 0.121. The Kier molecular flexibility index (Phi) is 3.14. The van der Waals surface area contributed by atoms with Gasteiger partial charge in [0.15, 0.2) is 0 Å². The van der Waals surface area contributed by atoms with E-state index in [2.05, 4.69) is 20.7 Å². The Bertz CT molecular complexity index is 792. The van der Waals surface area contributed by atoms with Crippen molar-refractivity contribution in [1.29, 1.82) is 0 Å². The second kappa shape index (κ2) is 5.29. The minimum absolute atomic E-state index is 0.121. The van der Waals surface area contributed by atoms with Crippen LogP contribution in [0.1, 0.15) is 12.5 Å². The first-order valence-electron chi connectivity index (χ1n) is 7.48. The number of rotatable bonds is 3. The monoisotopic (exact) mass is 295 g/mol. The summed E-state index contributed by atoms with van der Waals surface area (Å²) in [7, 11) is 0. The fraction of sp³-hybridized carbons (Fsp3) is 0.312. The Labute approximate surface area is 128 Å². The lowest BCUT2D eigenvalue weighted by Gasteiger charge is -2.17. The van der Waals surface area contributed by atoms with E-state index in [0.29, 0.717) is 12.6 Å². The maximum atomic E-state index is 12.3. The van der Waals surface area contributed by atoms with Gasteiger partial charge in [-0.05, 0) is 24.6 Å². The second-order valence-corrected chi connectivity index (χ2v) is 5.63. The number of carbonyl (C=O) groups excluding carboxylic acids is 1. The molecule has 1 amide bonds. The van der Waals surface area contributed by atoms with E-state index in [-0.39, 0.29) is 5.91 Å². The minimum Gasteiger partial charge on any atom is -0.339 e. The average Bonchev–Trinajstić information content (AvgIpc) is 3.27. The number of nitrogens with zero attached hydrogens (tertiary/aromatic N) is 5. The number of amides is 1. The zero-order valence-corrected chi connectivity index (χ0v) is 12.2. The van der Waals surface area contributed by atoms with E-state index in [4.69, 9.17) is 0 Å². The number of aromatic nitrogens is 4. The van der Waals surface area contributed by atoms with E-state index < -0.39 is 0 Å². The molecule has 0 radical (unpaired) electrons. The van der Waals surface area contributed by atoms with Crippen LogP contribution in [0.15, 0.2) is 49.1 Å². The third-order valence-electron chi connectivity index (χ3n) is 4.25. The van der Waals surface area contributed by atoms with Gasteiger partial charge in [0.1, 0.15) is 6.54 Å². The van der Waals surface area contributed by atoms with Crippen LogP contribution < -0.4 is 0 Å². The number of imidazole rings is 1. The third kappa shape index (κ3) is 2.26. The van der Waals surface area contributed by atoms with Gasteiger partial charge in [0.05, 0.1) is 23.4 Å². The molecule has 1 aromatic carbocycles. The van der Waals surface area contributed by atoms with Crippen molar-refractivity contribution in [2.75, 3.05) is 13.1 Å². The van der Waals surface area contributed by atoms with Crippen molar-refractivity contribution in [3.05, 3.63) is 49.1 Å². The normalized spacial score (nSPS) is 18.2. The standard InChI is InChI=1S/C16H17N5O/c22-16(11-20-8-3-7-18-20)19-9-6-13(10-19)21-12-17-14-4-1-2-5-15(14)21/h1-5,7-8,12-13H,6,9-11H2. The van der Waals surface area contributed by atoms with E-state index in [9.17, 15) is 4.79 Å². The molecule has 0 N–H and O–H groups in total. The maximum absolute atomic E-state index is 12.3. The van der Waals surface area contributed by atoms with Crippen molar-refractivity contribution in [1.82, 2.24) is 24.2 Å². The molecular formula is C16H17N5O. The third-order valence-corrected chi connectivity index (χ3v) is 4.25. The summed E-state index contributed by atoms with van der Waals surface area (Å²) in [6, 6.07) is 10.2. The predicted octanol–water partition coefficient (Wildman–Crippen LogP) is 1.71. The van der Waals surface area contributed by atoms with E-state index in [0.717, 1.165) is 30.5 Å². The van der Waals surface area contributed by atoms with Crippen LogP contribution in [-0.4, -0.2) is 43.2 Å². The largest absolute Gasteiger partial charge is 0.339 e. The van der Waals surface area contributed by atoms with Crippen molar-refractivity contribution in [3.63, 3.8) is 0 Å². The van der Waals surface area contributed by atoms with Crippen LogP contribution in [-0.2, 0) is 11.3 Å². The summed E-state index contributed by atoms with van der Waals surface area (Å²) >= 11 is 0. The summed E-state index contributed by atoms with van der Waals surface area (Å²) in [6.45, 7) is 1.84. The molecule has 0 bridgehead atoms. The predicted molar refractivity (Wildman–Crippen MR) is 82.2 cm³/mol. The first-order chi connectivity index (χ1) is 10.8. The number of fused-ring (bicyclic) bond motifs is 1. The van der Waals surface area contributed by atoms with Crippen molar-refractivity contribution in [2.45, 2.75) is 19.0 Å². The van der Waals surface area contributed by atoms with Crippen LogP contribution in [0.3, 0.4) is 0 Å². The van der Waals surface area contributed by atoms with Crippen LogP contribution >= 0.6 is 0 Å². The molecule has 4 rings (SSSR count). The highest BCUT2D eigenvalue weighted by Crippen LogP contribution is 2.25. The van der Waals surface area contributed by atoms with Gasteiger partial charge in [-0.15, -0.1) is 0 Å². The van der Waals surface area contributed by atoms with Crippen molar-refractivity contribution in [3.8, 4) is 0 Å². The van der Waals surface area contributed by atoms with Gasteiger partial charge in [0.25, 0.3) is 0 Å². The molecule has 2 aromatic heterocycles. The number of benzene rings is 1. The maximum Gasteiger partial charge on any atom is 0.244 e. The van der Waals surface area contributed by atoms with Gasteiger partial charge in [0.2, 0.25) is 5.91 Å². The zero-order valence-electron chi connectivity index (χ0n) is 12.2. The molecule has 1 aliphatic rings. The summed E-state index contributed by atoms with van der Waals surface area (Å²) in [5.41, 5.74) is 2.14. The van der Waals surface area contributed by atoms with E-state index in [1.54, 1.807) is 10.9 Å². The van der Waals surface area contributed by atoms with Crippen LogP contribution in [0, 0.1) is 0 Å². The van der Waals surface area contributed by atoms with E-state index in [1.807, 2.05) is 41.7 Å². The molecule has 0 spiro atoms. The highest BCUT2D eigenvalue weighted by Gasteiger charge is 2.28. The van der Waals surface area contributed by atoms with Gasteiger partial charge in [-0.3, -0.25) is 9.48 Å². The molecule has 3 aromatic rings. The Morgan fingerprint density at radius 3 is 3.05 bits per heavy atom. The van der Waals surface area contributed by atoms with Gasteiger partial charge in [-0.2, -0.15) is 5.10 Å². The Morgan fingerprint density at radius 1 is 1.27 bits per heavy atom. The number of likely N-dealkylation sites (tertiary alicyclic amines) is 1. The molecule has 6 heteroatoms. The first-order valence-corrected chi connectivity index (χ1v) is 7.48. The van der Waals surface area contributed by atoms with E-state index >= 15 is 0 Å². The number of carbonyl (C=O) groups is 1. The molecule has 6 nitrogen and oxygen atoms in total. The molecule has 1 aliphatic heterocycles. The van der Waals surface area contributed by atoms with Gasteiger partial charge in [-0.1, -0.05) is 12.1 Å². The van der Waals surface area contributed by atoms with Crippen molar-refractivity contribution < 1.29 is 4.79 Å². The molecule has 1 unspecified atom stereocenters. The fourth-order valence-corrected chi connectivity index (χ4v) is 3.10. The summed E-state index contributed by atoms with van der Waals surface area (Å²) in [5, 5.41) is 4.09. The number of hydrogen-bond donors (Lipinski definition) is 0. The lowest BCUT2D eigenvalue weighted by Crippen LogP contribution is -2.32. The Morgan fingerprint density at radius 2 is 2.18 bits per heavy atom. The summed E-state index contributed by atoms with van der Waals surface area (Å²) in [6.07, 6.45) is 6.36. The molecule has 22 heavy (non-hydrogen) atoms. The topological polar surface area (TPSA) is 56.0 Å². The lowest BCUT2D eigenvalue weighted by molar-refractivity contribution is -0.131. The molecule has 0 saturated carbocycles. The molecule has 1 atom stereocenters. The summed E-state index contributed by atoms with van der Waals surface area (Å²) in [4.78, 5) is 18.7. The first kappa shape index (κ1) is 13.1. The van der Waals surface area contributed by atoms with Crippen molar-refractivity contribution >= 4 is 16.9 Å². The van der Waals surface area contributed by atoms with E-state index in [1.165, 1.54) is 0 Å². The van der Waals surface area contributed by atoms with Crippen LogP contribution in [0.5, 0.6) is 0 Å². The molecule has 0 aliphatic carbocycles. The summed E-state index contributed by atoms with van der Waals surface area (Å²) < 4.78 is 3.86. The zero-order chi connectivity index (χ0) is 14.9. The Hall–Kier alpha value is -2.63. The molecule has 1 saturated heterocycles. The molecule has 1 fully saturated rings. The van der Waals surface area contributed by atoms with Gasteiger partial charge >= 0.3 is 0 Å². The van der Waals surface area contributed by atoms with Crippen LogP contribution in [0.2, 0.25) is 0 Å². The number of para-hydroxylation sites is 2. The number of hydrogen-bond acceptors (Lipinski definition) is 3. The fourth-order valence-electron chi connectivity index (χ4n) is 3.10. The van der Waals surface area contributed by atoms with Crippen molar-refractivity contribution in [2.24, 2.45) is 0 Å². The molecule has 3 heterocycles. The second-order valence-electron chi connectivity index (χ2n) is 5.63. The lowest BCUT2D eigenvalue weighted by atomic mass is 10.2. The van der Waals surface area contributed by atoms with Gasteiger partial charge < -0.3 is 9.47 Å².